The molecule has 1 saturated heterocycles. The van der Waals surface area contributed by atoms with Crippen LogP contribution in [-0.2, 0) is 14.3 Å². The van der Waals surface area contributed by atoms with Gasteiger partial charge in [-0.25, -0.2) is 4.79 Å². The van der Waals surface area contributed by atoms with E-state index in [0.29, 0.717) is 17.9 Å². The van der Waals surface area contributed by atoms with Gasteiger partial charge in [-0.05, 0) is 25.2 Å². The highest BCUT2D eigenvalue weighted by atomic mass is 32.1. The SMILES string of the molecule is CCN1C(=O)C(C2OC(=O)c3c2ccc(OC)c3OC)C(=O)NC1=S. The van der Waals surface area contributed by atoms with Crippen molar-refractivity contribution in [1.82, 2.24) is 10.2 Å². The Hall–Kier alpha value is -2.68. The van der Waals surface area contributed by atoms with Crippen LogP contribution in [0.15, 0.2) is 12.1 Å². The highest BCUT2D eigenvalue weighted by Crippen LogP contribution is 2.45. The van der Waals surface area contributed by atoms with Gasteiger partial charge in [-0.3, -0.25) is 14.5 Å². The van der Waals surface area contributed by atoms with Gasteiger partial charge in [-0.1, -0.05) is 6.07 Å². The summed E-state index contributed by atoms with van der Waals surface area (Å²) in [6.07, 6.45) is -1.05. The molecule has 8 nitrogen and oxygen atoms in total. The van der Waals surface area contributed by atoms with Crippen molar-refractivity contribution in [3.8, 4) is 11.5 Å². The summed E-state index contributed by atoms with van der Waals surface area (Å²) in [7, 11) is 2.84. The Balaban J connectivity index is 2.07. The standard InChI is InChI=1S/C16H16N2O6S/c1-4-18-14(20)10(13(19)17-16(18)25)11-7-5-6-8(22-2)12(23-3)9(7)15(21)24-11/h5-6,10-11H,4H2,1-3H3,(H,17,19,25). The fourth-order valence-electron chi connectivity index (χ4n) is 3.07. The molecule has 1 aromatic rings. The molecule has 0 aromatic heterocycles. The van der Waals surface area contributed by atoms with Gasteiger partial charge in [0.1, 0.15) is 11.7 Å². The summed E-state index contributed by atoms with van der Waals surface area (Å²) in [5, 5.41) is 2.53. The van der Waals surface area contributed by atoms with E-state index in [1.807, 2.05) is 0 Å². The van der Waals surface area contributed by atoms with Crippen molar-refractivity contribution in [3.63, 3.8) is 0 Å². The molecular formula is C16H16N2O6S. The predicted molar refractivity (Wildman–Crippen MR) is 89.3 cm³/mol. The van der Waals surface area contributed by atoms with E-state index >= 15 is 0 Å². The van der Waals surface area contributed by atoms with Gasteiger partial charge in [0.15, 0.2) is 22.5 Å². The Kier molecular flexibility index (Phi) is 4.34. The number of esters is 1. The number of carbonyl (C=O) groups is 3. The van der Waals surface area contributed by atoms with E-state index < -0.39 is 29.8 Å². The number of nitrogens with zero attached hydrogens (tertiary/aromatic N) is 1. The molecule has 1 N–H and O–H groups in total. The Morgan fingerprint density at radius 2 is 1.96 bits per heavy atom. The summed E-state index contributed by atoms with van der Waals surface area (Å²) >= 11 is 5.01. The minimum atomic E-state index is -1.21. The smallest absolute Gasteiger partial charge is 0.343 e. The average molecular weight is 364 g/mol. The quantitative estimate of drug-likeness (QED) is 0.480. The molecule has 0 spiro atoms. The van der Waals surface area contributed by atoms with Crippen LogP contribution in [-0.4, -0.2) is 48.6 Å². The monoisotopic (exact) mass is 364 g/mol. The van der Waals surface area contributed by atoms with Gasteiger partial charge in [0, 0.05) is 12.1 Å². The Morgan fingerprint density at radius 1 is 1.24 bits per heavy atom. The number of cyclic esters (lactones) is 1. The third-order valence-electron chi connectivity index (χ3n) is 4.23. The number of carbonyl (C=O) groups excluding carboxylic acids is 3. The molecule has 0 saturated carbocycles. The fraction of sp³-hybridized carbons (Fsp3) is 0.375. The Morgan fingerprint density at radius 3 is 2.56 bits per heavy atom. The first-order chi connectivity index (χ1) is 11.9. The Bertz CT molecular complexity index is 793. The molecule has 2 atom stereocenters. The number of methoxy groups -OCH3 is 2. The summed E-state index contributed by atoms with van der Waals surface area (Å²) in [6, 6.07) is 3.19. The van der Waals surface area contributed by atoms with Crippen molar-refractivity contribution in [1.29, 1.82) is 0 Å². The second kappa shape index (κ2) is 6.32. The number of amides is 2. The largest absolute Gasteiger partial charge is 0.493 e. The van der Waals surface area contributed by atoms with Gasteiger partial charge < -0.3 is 19.5 Å². The van der Waals surface area contributed by atoms with Gasteiger partial charge in [-0.15, -0.1) is 0 Å². The highest BCUT2D eigenvalue weighted by Gasteiger charge is 2.50. The maximum Gasteiger partial charge on any atom is 0.343 e. The number of benzene rings is 1. The minimum Gasteiger partial charge on any atom is -0.493 e. The number of hydrogen-bond acceptors (Lipinski definition) is 7. The van der Waals surface area contributed by atoms with E-state index in [-0.39, 0.29) is 16.4 Å². The fourth-order valence-corrected chi connectivity index (χ4v) is 3.39. The summed E-state index contributed by atoms with van der Waals surface area (Å²) < 4.78 is 15.8. The third kappa shape index (κ3) is 2.51. The summed E-state index contributed by atoms with van der Waals surface area (Å²) in [4.78, 5) is 38.7. The zero-order valence-corrected chi connectivity index (χ0v) is 14.6. The lowest BCUT2D eigenvalue weighted by molar-refractivity contribution is -0.146. The average Bonchev–Trinajstić information content (AvgIpc) is 2.90. The molecule has 1 fully saturated rings. The summed E-state index contributed by atoms with van der Waals surface area (Å²) in [5.41, 5.74) is 0.559. The van der Waals surface area contributed by atoms with Crippen molar-refractivity contribution in [2.45, 2.75) is 13.0 Å². The number of thiocarbonyl (C=S) groups is 1. The third-order valence-corrected chi connectivity index (χ3v) is 4.55. The number of hydrogen-bond donors (Lipinski definition) is 1. The molecule has 132 valence electrons. The van der Waals surface area contributed by atoms with Crippen LogP contribution in [0.4, 0.5) is 0 Å². The molecule has 25 heavy (non-hydrogen) atoms. The van der Waals surface area contributed by atoms with Gasteiger partial charge in [0.05, 0.1) is 14.2 Å². The number of nitrogens with one attached hydrogen (secondary N) is 1. The van der Waals surface area contributed by atoms with Gasteiger partial charge >= 0.3 is 5.97 Å². The van der Waals surface area contributed by atoms with Crippen molar-refractivity contribution < 1.29 is 28.6 Å². The highest BCUT2D eigenvalue weighted by molar-refractivity contribution is 7.80. The normalized spacial score (nSPS) is 22.4. The molecule has 2 unspecified atom stereocenters. The van der Waals surface area contributed by atoms with Crippen LogP contribution in [0.25, 0.3) is 0 Å². The lowest BCUT2D eigenvalue weighted by Gasteiger charge is -2.33. The van der Waals surface area contributed by atoms with Crippen LogP contribution in [0.5, 0.6) is 11.5 Å². The maximum atomic E-state index is 12.7. The van der Waals surface area contributed by atoms with Crippen LogP contribution in [0.3, 0.4) is 0 Å². The molecule has 2 amide bonds. The first-order valence-corrected chi connectivity index (χ1v) is 7.97. The van der Waals surface area contributed by atoms with Crippen molar-refractivity contribution >= 4 is 35.1 Å². The molecule has 3 rings (SSSR count). The van der Waals surface area contributed by atoms with Crippen LogP contribution >= 0.6 is 12.2 Å². The first kappa shape index (κ1) is 17.2. The molecular weight excluding hydrogens is 348 g/mol. The number of fused-ring (bicyclic) bond motifs is 1. The van der Waals surface area contributed by atoms with E-state index in [2.05, 4.69) is 5.32 Å². The van der Waals surface area contributed by atoms with E-state index in [9.17, 15) is 14.4 Å². The number of ether oxygens (including phenoxy) is 3. The van der Waals surface area contributed by atoms with Gasteiger partial charge in [-0.2, -0.15) is 0 Å². The molecule has 2 aliphatic rings. The van der Waals surface area contributed by atoms with E-state index in [1.54, 1.807) is 19.1 Å². The van der Waals surface area contributed by atoms with E-state index in [1.165, 1.54) is 19.1 Å². The molecule has 1 aromatic carbocycles. The lowest BCUT2D eigenvalue weighted by Crippen LogP contribution is -2.59. The maximum absolute atomic E-state index is 12.7. The molecule has 2 aliphatic heterocycles. The van der Waals surface area contributed by atoms with Crippen molar-refractivity contribution in [2.24, 2.45) is 5.92 Å². The Labute approximate surface area is 149 Å². The predicted octanol–water partition coefficient (Wildman–Crippen LogP) is 0.795. The minimum absolute atomic E-state index is 0.0469. The van der Waals surface area contributed by atoms with Crippen LogP contribution < -0.4 is 14.8 Å². The van der Waals surface area contributed by atoms with Gasteiger partial charge in [0.2, 0.25) is 11.8 Å². The van der Waals surface area contributed by atoms with E-state index in [0.717, 1.165) is 0 Å². The van der Waals surface area contributed by atoms with E-state index in [4.69, 9.17) is 26.4 Å². The molecule has 0 radical (unpaired) electrons. The van der Waals surface area contributed by atoms with Crippen molar-refractivity contribution in [2.75, 3.05) is 20.8 Å². The molecule has 9 heteroatoms. The molecule has 0 bridgehead atoms. The van der Waals surface area contributed by atoms with Crippen LogP contribution in [0.2, 0.25) is 0 Å². The lowest BCUT2D eigenvalue weighted by atomic mass is 9.91. The zero-order valence-electron chi connectivity index (χ0n) is 13.8. The zero-order chi connectivity index (χ0) is 18.3. The number of rotatable bonds is 4. The summed E-state index contributed by atoms with van der Waals surface area (Å²) in [6.45, 7) is 2.04. The molecule has 2 heterocycles. The first-order valence-electron chi connectivity index (χ1n) is 7.56. The topological polar surface area (TPSA) is 94.2 Å². The summed E-state index contributed by atoms with van der Waals surface area (Å²) in [5.74, 6) is -2.42. The molecule has 0 aliphatic carbocycles. The van der Waals surface area contributed by atoms with Crippen LogP contribution in [0.1, 0.15) is 28.9 Å². The van der Waals surface area contributed by atoms with Gasteiger partial charge in [0.25, 0.3) is 0 Å². The van der Waals surface area contributed by atoms with Crippen molar-refractivity contribution in [3.05, 3.63) is 23.3 Å². The second-order valence-corrected chi connectivity index (χ2v) is 5.83. The van der Waals surface area contributed by atoms with Crippen LogP contribution in [0, 0.1) is 5.92 Å². The second-order valence-electron chi connectivity index (χ2n) is 5.45.